The Bertz CT molecular complexity index is 468. The number of halogens is 1. The second-order valence-corrected chi connectivity index (χ2v) is 4.63. The number of hydrogen-bond donors (Lipinski definition) is 0. The molecule has 0 aliphatic carbocycles. The number of anilines is 1. The van der Waals surface area contributed by atoms with Crippen LogP contribution in [0.4, 0.5) is 11.4 Å². The van der Waals surface area contributed by atoms with Gasteiger partial charge in [-0.2, -0.15) is 0 Å². The normalized spacial score (nSPS) is 16.1. The molecule has 0 radical (unpaired) electrons. The molecule has 2 rings (SSSR count). The van der Waals surface area contributed by atoms with Crippen molar-refractivity contribution in [1.29, 1.82) is 0 Å². The lowest BCUT2D eigenvalue weighted by Crippen LogP contribution is -2.34. The van der Waals surface area contributed by atoms with Crippen molar-refractivity contribution in [2.45, 2.75) is 12.8 Å². The fourth-order valence-corrected chi connectivity index (χ4v) is 2.42. The van der Waals surface area contributed by atoms with Crippen molar-refractivity contribution < 1.29 is 9.72 Å². The van der Waals surface area contributed by atoms with Crippen LogP contribution in [-0.2, 0) is 4.79 Å². The molecule has 0 N–H and O–H groups in total. The van der Waals surface area contributed by atoms with Crippen LogP contribution in [0.1, 0.15) is 12.8 Å². The van der Waals surface area contributed by atoms with E-state index < -0.39 is 4.92 Å². The Kier molecular flexibility index (Phi) is 3.37. The van der Waals surface area contributed by atoms with E-state index >= 15 is 0 Å². The summed E-state index contributed by atoms with van der Waals surface area (Å²) in [4.78, 5) is 27.3. The minimum atomic E-state index is -0.455. The number of nitro groups is 1. The Morgan fingerprint density at radius 2 is 2.00 bits per heavy atom. The third-order valence-electron chi connectivity index (χ3n) is 2.69. The molecule has 0 spiro atoms. The predicted octanol–water partition coefficient (Wildman–Crippen LogP) is 1.92. The monoisotopic (exact) mass is 299 g/mol. The summed E-state index contributed by atoms with van der Waals surface area (Å²) in [6.45, 7) is 1.03. The summed E-state index contributed by atoms with van der Waals surface area (Å²) < 4.78 is 0.584. The quantitative estimate of drug-likeness (QED) is 0.616. The van der Waals surface area contributed by atoms with Crippen LogP contribution >= 0.6 is 15.9 Å². The van der Waals surface area contributed by atoms with Gasteiger partial charge in [-0.05, 0) is 15.9 Å². The maximum Gasteiger partial charge on any atom is 0.311 e. The van der Waals surface area contributed by atoms with Crippen LogP contribution in [0, 0.1) is 10.1 Å². The van der Waals surface area contributed by atoms with Crippen LogP contribution in [0.3, 0.4) is 0 Å². The van der Waals surface area contributed by atoms with Crippen LogP contribution in [0.2, 0.25) is 0 Å². The average Bonchev–Trinajstić information content (AvgIpc) is 2.30. The molecule has 1 fully saturated rings. The minimum absolute atomic E-state index is 0.0336. The summed E-state index contributed by atoms with van der Waals surface area (Å²) in [5.74, 6) is 0.203. The van der Waals surface area contributed by atoms with Crippen molar-refractivity contribution in [3.8, 4) is 0 Å². The topological polar surface area (TPSA) is 76.3 Å². The van der Waals surface area contributed by atoms with E-state index in [-0.39, 0.29) is 11.5 Å². The lowest BCUT2D eigenvalue weighted by Gasteiger charge is -2.28. The van der Waals surface area contributed by atoms with Gasteiger partial charge in [-0.25, -0.2) is 0 Å². The molecule has 90 valence electrons. The highest BCUT2D eigenvalue weighted by Gasteiger charge is 2.26. The van der Waals surface area contributed by atoms with Crippen molar-refractivity contribution in [3.05, 3.63) is 27.0 Å². The zero-order chi connectivity index (χ0) is 12.4. The van der Waals surface area contributed by atoms with Gasteiger partial charge in [0.1, 0.15) is 17.7 Å². The van der Waals surface area contributed by atoms with Crippen LogP contribution in [0.15, 0.2) is 16.9 Å². The van der Waals surface area contributed by atoms with Crippen LogP contribution in [0.5, 0.6) is 0 Å². The molecular weight excluding hydrogens is 290 g/mol. The average molecular weight is 300 g/mol. The van der Waals surface area contributed by atoms with Gasteiger partial charge in [0.05, 0.1) is 9.40 Å². The van der Waals surface area contributed by atoms with E-state index in [9.17, 15) is 14.9 Å². The Labute approximate surface area is 106 Å². The molecule has 1 aliphatic heterocycles. The van der Waals surface area contributed by atoms with E-state index in [1.54, 1.807) is 0 Å². The molecule has 1 saturated heterocycles. The largest absolute Gasteiger partial charge is 0.364 e. The molecule has 0 aromatic carbocycles. The molecule has 0 bridgehead atoms. The maximum atomic E-state index is 11.2. The Morgan fingerprint density at radius 1 is 1.35 bits per heavy atom. The summed E-state index contributed by atoms with van der Waals surface area (Å²) in [6, 6.07) is 0. The number of Topliss-reactive ketones (excluding diaryl/α,β-unsaturated/α-hetero) is 1. The van der Waals surface area contributed by atoms with Crippen molar-refractivity contribution >= 4 is 33.1 Å². The summed E-state index contributed by atoms with van der Waals surface area (Å²) in [6.07, 6.45) is 3.63. The van der Waals surface area contributed by atoms with Gasteiger partial charge >= 0.3 is 5.69 Å². The number of pyridine rings is 1. The minimum Gasteiger partial charge on any atom is -0.364 e. The number of piperidine rings is 1. The highest BCUT2D eigenvalue weighted by atomic mass is 79.9. The standard InChI is InChI=1S/C10H10BrN3O3/c11-8-5-12-6-9(14(16)17)10(8)13-3-1-7(15)2-4-13/h5-6H,1-4H2. The van der Waals surface area contributed by atoms with Gasteiger partial charge in [0, 0.05) is 32.1 Å². The van der Waals surface area contributed by atoms with E-state index in [0.717, 1.165) is 0 Å². The number of rotatable bonds is 2. The molecule has 0 amide bonds. The fourth-order valence-electron chi connectivity index (χ4n) is 1.84. The maximum absolute atomic E-state index is 11.2. The first kappa shape index (κ1) is 12.0. The molecule has 17 heavy (non-hydrogen) atoms. The van der Waals surface area contributed by atoms with E-state index in [4.69, 9.17) is 0 Å². The molecule has 1 aliphatic rings. The Balaban J connectivity index is 2.36. The number of aromatic nitrogens is 1. The van der Waals surface area contributed by atoms with Gasteiger partial charge in [-0.3, -0.25) is 19.9 Å². The number of carbonyl (C=O) groups excluding carboxylic acids is 1. The number of hydrogen-bond acceptors (Lipinski definition) is 5. The molecule has 0 atom stereocenters. The van der Waals surface area contributed by atoms with Crippen molar-refractivity contribution in [1.82, 2.24) is 4.98 Å². The van der Waals surface area contributed by atoms with Crippen LogP contribution in [0.25, 0.3) is 0 Å². The van der Waals surface area contributed by atoms with E-state index in [1.807, 2.05) is 4.90 Å². The SMILES string of the molecule is O=C1CCN(c2c(Br)cncc2[N+](=O)[O-])CC1. The predicted molar refractivity (Wildman–Crippen MR) is 65.0 cm³/mol. The second-order valence-electron chi connectivity index (χ2n) is 3.77. The van der Waals surface area contributed by atoms with Gasteiger partial charge in [0.15, 0.2) is 0 Å². The molecule has 6 nitrogen and oxygen atoms in total. The first-order valence-corrected chi connectivity index (χ1v) is 5.93. The molecule has 0 unspecified atom stereocenters. The number of carbonyl (C=O) groups is 1. The van der Waals surface area contributed by atoms with Crippen molar-refractivity contribution in [3.63, 3.8) is 0 Å². The molecule has 1 aromatic heterocycles. The number of ketones is 1. The van der Waals surface area contributed by atoms with E-state index in [2.05, 4.69) is 20.9 Å². The first-order valence-electron chi connectivity index (χ1n) is 5.14. The molecule has 7 heteroatoms. The second kappa shape index (κ2) is 4.79. The van der Waals surface area contributed by atoms with Gasteiger partial charge in [-0.1, -0.05) is 0 Å². The Hall–Kier alpha value is -1.50. The summed E-state index contributed by atoms with van der Waals surface area (Å²) in [5, 5.41) is 10.9. The summed E-state index contributed by atoms with van der Waals surface area (Å²) >= 11 is 3.27. The lowest BCUT2D eigenvalue weighted by molar-refractivity contribution is -0.384. The zero-order valence-corrected chi connectivity index (χ0v) is 10.5. The highest BCUT2D eigenvalue weighted by Crippen LogP contribution is 2.35. The molecule has 0 saturated carbocycles. The number of nitrogens with zero attached hydrogens (tertiary/aromatic N) is 3. The lowest BCUT2D eigenvalue weighted by atomic mass is 10.1. The van der Waals surface area contributed by atoms with Crippen LogP contribution in [-0.4, -0.2) is 28.8 Å². The third-order valence-corrected chi connectivity index (χ3v) is 3.27. The van der Waals surface area contributed by atoms with Crippen LogP contribution < -0.4 is 4.90 Å². The highest BCUT2D eigenvalue weighted by molar-refractivity contribution is 9.10. The molecule has 1 aromatic rings. The first-order chi connectivity index (χ1) is 8.09. The smallest absolute Gasteiger partial charge is 0.311 e. The Morgan fingerprint density at radius 3 is 2.59 bits per heavy atom. The summed E-state index contributed by atoms with van der Waals surface area (Å²) in [7, 11) is 0. The summed E-state index contributed by atoms with van der Waals surface area (Å²) in [5.41, 5.74) is 0.478. The van der Waals surface area contributed by atoms with Gasteiger partial charge in [0.25, 0.3) is 0 Å². The van der Waals surface area contributed by atoms with E-state index in [1.165, 1.54) is 12.4 Å². The van der Waals surface area contributed by atoms with Gasteiger partial charge < -0.3 is 4.90 Å². The van der Waals surface area contributed by atoms with Crippen molar-refractivity contribution in [2.24, 2.45) is 0 Å². The van der Waals surface area contributed by atoms with Gasteiger partial charge in [0.2, 0.25) is 0 Å². The van der Waals surface area contributed by atoms with Gasteiger partial charge in [-0.15, -0.1) is 0 Å². The van der Waals surface area contributed by atoms with E-state index in [0.29, 0.717) is 36.1 Å². The molecular formula is C10H10BrN3O3. The third kappa shape index (κ3) is 2.44. The molecule has 2 heterocycles. The fraction of sp³-hybridized carbons (Fsp3) is 0.400. The zero-order valence-electron chi connectivity index (χ0n) is 8.93. The van der Waals surface area contributed by atoms with Crippen molar-refractivity contribution in [2.75, 3.05) is 18.0 Å².